The summed E-state index contributed by atoms with van der Waals surface area (Å²) in [4.78, 5) is 0. The van der Waals surface area contributed by atoms with E-state index < -0.39 is 13.3 Å². The molecule has 0 aromatic heterocycles. The molecule has 0 nitrogen and oxygen atoms in total. The van der Waals surface area contributed by atoms with Gasteiger partial charge >= 0.3 is 69.4 Å². The zero-order chi connectivity index (χ0) is 8.48. The molecule has 0 aliphatic carbocycles. The molecule has 0 bridgehead atoms. The molecule has 11 heavy (non-hydrogen) atoms. The molecule has 0 saturated heterocycles. The third kappa shape index (κ3) is 2.33. The topological polar surface area (TPSA) is 0 Å². The van der Waals surface area contributed by atoms with Crippen LogP contribution in [0.5, 0.6) is 0 Å². The maximum absolute atomic E-state index is 12.5. The van der Waals surface area contributed by atoms with E-state index in [0.717, 1.165) is 0 Å². The van der Waals surface area contributed by atoms with Gasteiger partial charge in [0.1, 0.15) is 0 Å². The van der Waals surface area contributed by atoms with Gasteiger partial charge in [-0.25, -0.2) is 0 Å². The van der Waals surface area contributed by atoms with E-state index in [9.17, 15) is 4.39 Å². The van der Waals surface area contributed by atoms with E-state index in [0.29, 0.717) is 0 Å². The van der Waals surface area contributed by atoms with Crippen LogP contribution in [0.15, 0.2) is 24.3 Å². The molecule has 0 aliphatic rings. The van der Waals surface area contributed by atoms with Crippen LogP contribution in [0.4, 0.5) is 4.39 Å². The number of halogens is 1. The van der Waals surface area contributed by atoms with Crippen LogP contribution in [0.1, 0.15) is 0 Å². The van der Waals surface area contributed by atoms with Crippen molar-refractivity contribution in [3.05, 3.63) is 30.1 Å². The van der Waals surface area contributed by atoms with Crippen LogP contribution in [-0.2, 0) is 0 Å². The second-order valence-corrected chi connectivity index (χ2v) is 14.4. The van der Waals surface area contributed by atoms with Crippen LogP contribution in [0.3, 0.4) is 0 Å². The minimum atomic E-state index is -1.69. The van der Waals surface area contributed by atoms with Gasteiger partial charge < -0.3 is 0 Å². The van der Waals surface area contributed by atoms with Gasteiger partial charge in [0.2, 0.25) is 0 Å². The van der Waals surface area contributed by atoms with Crippen molar-refractivity contribution >= 4 is 17.7 Å². The summed E-state index contributed by atoms with van der Waals surface area (Å²) in [7, 11) is 0. The summed E-state index contributed by atoms with van der Waals surface area (Å²) >= 11 is -1.69. The first-order chi connectivity index (χ1) is 5.00. The fourth-order valence-corrected chi connectivity index (χ4v) is 3.40. The van der Waals surface area contributed by atoms with Crippen LogP contribution in [-0.4, -0.2) is 13.3 Å². The van der Waals surface area contributed by atoms with Crippen molar-refractivity contribution in [1.82, 2.24) is 0 Å². The van der Waals surface area contributed by atoms with Crippen molar-refractivity contribution in [3.63, 3.8) is 0 Å². The molecular formula is C9H13FGe. The Labute approximate surface area is 69.8 Å². The van der Waals surface area contributed by atoms with Gasteiger partial charge in [0, 0.05) is 0 Å². The van der Waals surface area contributed by atoms with Crippen molar-refractivity contribution in [2.75, 3.05) is 0 Å². The average Bonchev–Trinajstić information content (AvgIpc) is 1.86. The molecule has 0 unspecified atom stereocenters. The third-order valence-electron chi connectivity index (χ3n) is 1.71. The van der Waals surface area contributed by atoms with Gasteiger partial charge in [-0.2, -0.15) is 0 Å². The van der Waals surface area contributed by atoms with Gasteiger partial charge in [-0.15, -0.1) is 0 Å². The van der Waals surface area contributed by atoms with Crippen molar-refractivity contribution in [2.45, 2.75) is 17.3 Å². The zero-order valence-electron chi connectivity index (χ0n) is 7.19. The van der Waals surface area contributed by atoms with E-state index in [2.05, 4.69) is 17.3 Å². The van der Waals surface area contributed by atoms with Crippen LogP contribution < -0.4 is 4.40 Å². The number of benzene rings is 1. The SMILES string of the molecule is [CH3][Ge]([CH3])([CH3])[c]1ccc(F)cc1. The van der Waals surface area contributed by atoms with Gasteiger partial charge in [-0.05, 0) is 0 Å². The molecule has 0 atom stereocenters. The molecule has 0 amide bonds. The van der Waals surface area contributed by atoms with E-state index in [-0.39, 0.29) is 5.82 Å². The molecule has 0 heterocycles. The summed E-state index contributed by atoms with van der Waals surface area (Å²) in [5, 5.41) is 0. The van der Waals surface area contributed by atoms with Gasteiger partial charge in [0.15, 0.2) is 0 Å². The van der Waals surface area contributed by atoms with E-state index in [1.54, 1.807) is 12.1 Å². The summed E-state index contributed by atoms with van der Waals surface area (Å²) in [5.41, 5.74) is 0. The van der Waals surface area contributed by atoms with Gasteiger partial charge in [-0.3, -0.25) is 0 Å². The molecule has 0 aliphatic heterocycles. The normalized spacial score (nSPS) is 11.6. The summed E-state index contributed by atoms with van der Waals surface area (Å²) < 4.78 is 13.8. The number of hydrogen-bond acceptors (Lipinski definition) is 0. The molecular weight excluding hydrogens is 200 g/mol. The molecule has 0 radical (unpaired) electrons. The predicted molar refractivity (Wildman–Crippen MR) is 49.4 cm³/mol. The average molecular weight is 213 g/mol. The molecule has 0 saturated carbocycles. The summed E-state index contributed by atoms with van der Waals surface area (Å²) in [5.74, 6) is 6.76. The van der Waals surface area contributed by atoms with Gasteiger partial charge in [-0.1, -0.05) is 0 Å². The molecule has 0 N–H and O–H groups in total. The molecule has 60 valence electrons. The van der Waals surface area contributed by atoms with E-state index in [1.807, 2.05) is 12.1 Å². The Balaban J connectivity index is 2.99. The monoisotopic (exact) mass is 214 g/mol. The molecule has 1 aromatic rings. The number of hydrogen-bond donors (Lipinski definition) is 0. The standard InChI is InChI=1S/C9H13FGe/c1-11(2,3)9-6-4-8(10)5-7-9/h4-7H,1-3H3. The molecule has 0 fully saturated rings. The Morgan fingerprint density at radius 2 is 1.45 bits per heavy atom. The van der Waals surface area contributed by atoms with Crippen molar-refractivity contribution < 1.29 is 4.39 Å². The first-order valence-corrected chi connectivity index (χ1v) is 11.1. The third-order valence-corrected chi connectivity index (χ3v) is 6.04. The first kappa shape index (κ1) is 8.79. The zero-order valence-corrected chi connectivity index (χ0v) is 9.29. The molecule has 0 spiro atoms. The number of rotatable bonds is 1. The van der Waals surface area contributed by atoms with Gasteiger partial charge in [0.25, 0.3) is 0 Å². The maximum atomic E-state index is 12.5. The molecule has 2 heteroatoms. The summed E-state index contributed by atoms with van der Waals surface area (Å²) in [6.45, 7) is 0. The van der Waals surface area contributed by atoms with Crippen molar-refractivity contribution in [3.8, 4) is 0 Å². The Hall–Kier alpha value is -0.307. The second kappa shape index (κ2) is 2.97. The Morgan fingerprint density at radius 3 is 1.82 bits per heavy atom. The van der Waals surface area contributed by atoms with Crippen LogP contribution in [0, 0.1) is 5.82 Å². The first-order valence-electron chi connectivity index (χ1n) is 3.76. The quantitative estimate of drug-likeness (QED) is 0.628. The van der Waals surface area contributed by atoms with Crippen LogP contribution in [0.25, 0.3) is 0 Å². The minimum absolute atomic E-state index is 0.139. The van der Waals surface area contributed by atoms with E-state index in [4.69, 9.17) is 0 Å². The fourth-order valence-electron chi connectivity index (χ4n) is 0.950. The van der Waals surface area contributed by atoms with Crippen molar-refractivity contribution in [1.29, 1.82) is 0 Å². The predicted octanol–water partition coefficient (Wildman–Crippen LogP) is 2.37. The Kier molecular flexibility index (Phi) is 2.38. The Bertz CT molecular complexity index is 233. The van der Waals surface area contributed by atoms with Crippen LogP contribution in [0.2, 0.25) is 17.3 Å². The van der Waals surface area contributed by atoms with E-state index in [1.165, 1.54) is 4.40 Å². The van der Waals surface area contributed by atoms with Gasteiger partial charge in [0.05, 0.1) is 0 Å². The van der Waals surface area contributed by atoms with Crippen LogP contribution >= 0.6 is 0 Å². The molecule has 1 aromatic carbocycles. The van der Waals surface area contributed by atoms with Crippen molar-refractivity contribution in [2.24, 2.45) is 0 Å². The van der Waals surface area contributed by atoms with E-state index >= 15 is 0 Å². The second-order valence-electron chi connectivity index (χ2n) is 3.76. The summed E-state index contributed by atoms with van der Waals surface area (Å²) in [6, 6.07) is 6.92. The molecule has 1 rings (SSSR count). The summed E-state index contributed by atoms with van der Waals surface area (Å²) in [6.07, 6.45) is 0. The Morgan fingerprint density at radius 1 is 1.00 bits per heavy atom. The fraction of sp³-hybridized carbons (Fsp3) is 0.333.